The summed E-state index contributed by atoms with van der Waals surface area (Å²) in [5.74, 6) is 2.05. The molecule has 0 fully saturated rings. The largest absolute Gasteiger partial charge is 0.497 e. The summed E-state index contributed by atoms with van der Waals surface area (Å²) < 4.78 is 17.3. The number of fused-ring (bicyclic) bond motifs is 1. The molecule has 5 nitrogen and oxygen atoms in total. The van der Waals surface area contributed by atoms with Crippen LogP contribution < -0.4 is 19.5 Å². The summed E-state index contributed by atoms with van der Waals surface area (Å²) in [4.78, 5) is 12.9. The number of nitrogens with one attached hydrogen (secondary N) is 1. The van der Waals surface area contributed by atoms with Gasteiger partial charge in [-0.25, -0.2) is 0 Å². The Hall–Kier alpha value is -2.69. The van der Waals surface area contributed by atoms with Crippen molar-refractivity contribution >= 4 is 5.91 Å². The monoisotopic (exact) mass is 383 g/mol. The zero-order valence-corrected chi connectivity index (χ0v) is 17.5. The number of methoxy groups -OCH3 is 1. The highest BCUT2D eigenvalue weighted by Gasteiger charge is 2.35. The van der Waals surface area contributed by atoms with Gasteiger partial charge < -0.3 is 19.5 Å². The third kappa shape index (κ3) is 4.58. The van der Waals surface area contributed by atoms with E-state index in [1.165, 1.54) is 0 Å². The fourth-order valence-electron chi connectivity index (χ4n) is 3.64. The first kappa shape index (κ1) is 20.1. The lowest BCUT2D eigenvalue weighted by molar-refractivity contribution is -0.128. The van der Waals surface area contributed by atoms with E-state index in [1.54, 1.807) is 14.0 Å². The van der Waals surface area contributed by atoms with E-state index >= 15 is 0 Å². The van der Waals surface area contributed by atoms with Gasteiger partial charge in [0.2, 0.25) is 0 Å². The highest BCUT2D eigenvalue weighted by atomic mass is 16.5. The number of rotatable bonds is 5. The maximum atomic E-state index is 12.9. The van der Waals surface area contributed by atoms with Crippen LogP contribution in [0.1, 0.15) is 49.9 Å². The summed E-state index contributed by atoms with van der Waals surface area (Å²) in [6, 6.07) is 11.5. The van der Waals surface area contributed by atoms with Crippen LogP contribution in [0.25, 0.3) is 0 Å². The Morgan fingerprint density at radius 3 is 2.46 bits per heavy atom. The maximum Gasteiger partial charge on any atom is 0.261 e. The average Bonchev–Trinajstić information content (AvgIpc) is 2.59. The van der Waals surface area contributed by atoms with Crippen LogP contribution >= 0.6 is 0 Å². The van der Waals surface area contributed by atoms with Crippen molar-refractivity contribution in [3.8, 4) is 17.2 Å². The molecule has 0 bridgehead atoms. The van der Waals surface area contributed by atoms with Gasteiger partial charge in [0.05, 0.1) is 13.2 Å². The number of benzene rings is 2. The van der Waals surface area contributed by atoms with Crippen LogP contribution in [0.2, 0.25) is 0 Å². The first-order chi connectivity index (χ1) is 13.2. The van der Waals surface area contributed by atoms with Crippen LogP contribution in [-0.4, -0.2) is 24.7 Å². The minimum atomic E-state index is -0.610. The number of hydrogen-bond acceptors (Lipinski definition) is 4. The molecule has 1 amide bonds. The third-order valence-corrected chi connectivity index (χ3v) is 4.87. The van der Waals surface area contributed by atoms with E-state index in [0.717, 1.165) is 28.2 Å². The summed E-state index contributed by atoms with van der Waals surface area (Å²) in [6.45, 7) is 9.84. The Bertz CT molecular complexity index is 855. The molecule has 28 heavy (non-hydrogen) atoms. The Balaban J connectivity index is 1.77. The van der Waals surface area contributed by atoms with Crippen molar-refractivity contribution in [3.63, 3.8) is 0 Å². The molecule has 2 aromatic carbocycles. The fraction of sp³-hybridized carbons (Fsp3) is 0.435. The molecule has 0 saturated carbocycles. The van der Waals surface area contributed by atoms with Crippen molar-refractivity contribution in [2.75, 3.05) is 7.11 Å². The van der Waals surface area contributed by atoms with Crippen molar-refractivity contribution in [1.29, 1.82) is 0 Å². The van der Waals surface area contributed by atoms with Gasteiger partial charge in [0.15, 0.2) is 6.10 Å². The smallest absolute Gasteiger partial charge is 0.261 e. The van der Waals surface area contributed by atoms with Crippen molar-refractivity contribution in [2.45, 2.75) is 58.8 Å². The minimum Gasteiger partial charge on any atom is -0.497 e. The Labute approximate surface area is 167 Å². The predicted molar refractivity (Wildman–Crippen MR) is 109 cm³/mol. The summed E-state index contributed by atoms with van der Waals surface area (Å²) in [6.07, 6.45) is 0.0519. The molecule has 1 N–H and O–H groups in total. The van der Waals surface area contributed by atoms with Gasteiger partial charge in [-0.3, -0.25) is 4.79 Å². The molecule has 0 unspecified atom stereocenters. The van der Waals surface area contributed by atoms with E-state index in [4.69, 9.17) is 14.2 Å². The molecule has 0 saturated heterocycles. The fourth-order valence-corrected chi connectivity index (χ4v) is 3.64. The van der Waals surface area contributed by atoms with Gasteiger partial charge in [-0.15, -0.1) is 0 Å². The van der Waals surface area contributed by atoms with Crippen LogP contribution in [0.5, 0.6) is 17.2 Å². The maximum absolute atomic E-state index is 12.9. The number of ether oxygens (including phenoxy) is 3. The van der Waals surface area contributed by atoms with Crippen LogP contribution in [0, 0.1) is 13.8 Å². The highest BCUT2D eigenvalue weighted by molar-refractivity contribution is 5.81. The summed E-state index contributed by atoms with van der Waals surface area (Å²) >= 11 is 0. The number of hydrogen-bond donors (Lipinski definition) is 1. The van der Waals surface area contributed by atoms with E-state index in [-0.39, 0.29) is 17.6 Å². The molecule has 1 aliphatic rings. The zero-order valence-electron chi connectivity index (χ0n) is 17.5. The molecule has 0 aromatic heterocycles. The van der Waals surface area contributed by atoms with Crippen LogP contribution in [0.4, 0.5) is 0 Å². The SMILES string of the molecule is COc1ccc2c(c1)[C@@H](NC(=O)[C@@H](C)Oc1cc(C)cc(C)c1)CC(C)(C)O2. The molecule has 0 aliphatic carbocycles. The second-order valence-corrected chi connectivity index (χ2v) is 8.11. The number of carbonyl (C=O) groups excluding carboxylic acids is 1. The first-order valence-electron chi connectivity index (χ1n) is 9.59. The van der Waals surface area contributed by atoms with Crippen molar-refractivity contribution < 1.29 is 19.0 Å². The van der Waals surface area contributed by atoms with Gasteiger partial charge in [-0.2, -0.15) is 0 Å². The number of carbonyl (C=O) groups is 1. The number of aryl methyl sites for hydroxylation is 2. The van der Waals surface area contributed by atoms with Gasteiger partial charge >= 0.3 is 0 Å². The van der Waals surface area contributed by atoms with Gasteiger partial charge in [-0.05, 0) is 76.1 Å². The molecule has 150 valence electrons. The van der Waals surface area contributed by atoms with E-state index in [9.17, 15) is 4.79 Å². The van der Waals surface area contributed by atoms with Crippen LogP contribution in [-0.2, 0) is 4.79 Å². The first-order valence-corrected chi connectivity index (χ1v) is 9.59. The molecule has 2 atom stereocenters. The molecule has 0 spiro atoms. The summed E-state index contributed by atoms with van der Waals surface area (Å²) in [5, 5.41) is 3.13. The standard InChI is InChI=1S/C23H29NO4/c1-14-9-15(2)11-18(10-14)27-16(3)22(25)24-20-13-23(4,5)28-21-8-7-17(26-6)12-19(20)21/h7-12,16,20H,13H2,1-6H3,(H,24,25)/t16-,20+/m1/s1. The van der Waals surface area contributed by atoms with Crippen molar-refractivity contribution in [2.24, 2.45) is 0 Å². The molecule has 1 aliphatic heterocycles. The van der Waals surface area contributed by atoms with E-state index in [1.807, 2.05) is 58.0 Å². The lowest BCUT2D eigenvalue weighted by Crippen LogP contribution is -2.44. The zero-order chi connectivity index (χ0) is 20.5. The summed E-state index contributed by atoms with van der Waals surface area (Å²) in [5.41, 5.74) is 2.76. The van der Waals surface area contributed by atoms with Crippen LogP contribution in [0.3, 0.4) is 0 Å². The quantitative estimate of drug-likeness (QED) is 0.826. The lowest BCUT2D eigenvalue weighted by Gasteiger charge is -2.38. The van der Waals surface area contributed by atoms with Crippen LogP contribution in [0.15, 0.2) is 36.4 Å². The molecule has 5 heteroatoms. The van der Waals surface area contributed by atoms with Crippen molar-refractivity contribution in [1.82, 2.24) is 5.32 Å². The van der Waals surface area contributed by atoms with Gasteiger partial charge in [-0.1, -0.05) is 6.07 Å². The average molecular weight is 383 g/mol. The third-order valence-electron chi connectivity index (χ3n) is 4.87. The molecule has 0 radical (unpaired) electrons. The second kappa shape index (κ2) is 7.74. The van der Waals surface area contributed by atoms with E-state index < -0.39 is 6.10 Å². The molecular weight excluding hydrogens is 354 g/mol. The normalized spacial score (nSPS) is 18.4. The predicted octanol–water partition coefficient (Wildman–Crippen LogP) is 4.50. The van der Waals surface area contributed by atoms with Crippen molar-refractivity contribution in [3.05, 3.63) is 53.1 Å². The van der Waals surface area contributed by atoms with E-state index in [2.05, 4.69) is 11.4 Å². The number of amides is 1. The van der Waals surface area contributed by atoms with Gasteiger partial charge in [0, 0.05) is 12.0 Å². The van der Waals surface area contributed by atoms with Gasteiger partial charge in [0.1, 0.15) is 22.8 Å². The summed E-state index contributed by atoms with van der Waals surface area (Å²) in [7, 11) is 1.63. The molecule has 2 aromatic rings. The molecule has 3 rings (SSSR count). The van der Waals surface area contributed by atoms with Gasteiger partial charge in [0.25, 0.3) is 5.91 Å². The topological polar surface area (TPSA) is 56.8 Å². The Kier molecular flexibility index (Phi) is 5.54. The second-order valence-electron chi connectivity index (χ2n) is 8.11. The lowest BCUT2D eigenvalue weighted by atomic mass is 9.89. The van der Waals surface area contributed by atoms with E-state index in [0.29, 0.717) is 12.2 Å². The Morgan fingerprint density at radius 1 is 1.14 bits per heavy atom. The minimum absolute atomic E-state index is 0.157. The Morgan fingerprint density at radius 2 is 1.82 bits per heavy atom. The molecule has 1 heterocycles. The molecular formula is C23H29NO4. The highest BCUT2D eigenvalue weighted by Crippen LogP contribution is 2.41.